The Morgan fingerprint density at radius 2 is 2.39 bits per heavy atom. The average molecular weight is 251 g/mol. The Morgan fingerprint density at radius 1 is 1.56 bits per heavy atom. The molecule has 1 fully saturated rings. The van der Waals surface area contributed by atoms with Gasteiger partial charge in [0.05, 0.1) is 6.61 Å². The van der Waals surface area contributed by atoms with Gasteiger partial charge in [0, 0.05) is 25.8 Å². The molecule has 2 heterocycles. The van der Waals surface area contributed by atoms with Crippen LogP contribution in [0.2, 0.25) is 0 Å². The molecule has 98 valence electrons. The molecule has 18 heavy (non-hydrogen) atoms. The van der Waals surface area contributed by atoms with E-state index >= 15 is 0 Å². The average Bonchev–Trinajstić information content (AvgIpc) is 2.92. The zero-order chi connectivity index (χ0) is 13.0. The Balaban J connectivity index is 2.12. The minimum Gasteiger partial charge on any atom is -0.464 e. The Kier molecular flexibility index (Phi) is 3.99. The molecule has 0 aliphatic carbocycles. The third kappa shape index (κ3) is 2.53. The summed E-state index contributed by atoms with van der Waals surface area (Å²) in [6.07, 6.45) is 1.69. The van der Waals surface area contributed by atoms with E-state index in [4.69, 9.17) is 4.74 Å². The molecular weight excluding hydrogens is 234 g/mol. The molecule has 1 aromatic rings. The van der Waals surface area contributed by atoms with Gasteiger partial charge in [-0.25, -0.2) is 4.79 Å². The van der Waals surface area contributed by atoms with Gasteiger partial charge in [-0.1, -0.05) is 0 Å². The van der Waals surface area contributed by atoms with Crippen molar-refractivity contribution in [1.29, 1.82) is 0 Å². The van der Waals surface area contributed by atoms with Crippen molar-refractivity contribution in [3.05, 3.63) is 24.0 Å². The van der Waals surface area contributed by atoms with E-state index in [0.717, 1.165) is 0 Å². The van der Waals surface area contributed by atoms with E-state index in [0.29, 0.717) is 31.9 Å². The van der Waals surface area contributed by atoms with Gasteiger partial charge in [0.2, 0.25) is 0 Å². The zero-order valence-electron chi connectivity index (χ0n) is 10.3. The van der Waals surface area contributed by atoms with Crippen molar-refractivity contribution in [2.75, 3.05) is 26.2 Å². The minimum atomic E-state index is -0.547. The van der Waals surface area contributed by atoms with Crippen molar-refractivity contribution in [2.24, 2.45) is 0 Å². The largest absolute Gasteiger partial charge is 0.464 e. The smallest absolute Gasteiger partial charge is 0.330 e. The van der Waals surface area contributed by atoms with Crippen LogP contribution in [0.4, 0.5) is 0 Å². The van der Waals surface area contributed by atoms with Gasteiger partial charge < -0.3 is 19.9 Å². The number of rotatable bonds is 3. The molecule has 1 unspecified atom stereocenters. The van der Waals surface area contributed by atoms with Crippen LogP contribution in [0.1, 0.15) is 17.4 Å². The predicted octanol–water partition coefficient (Wildman–Crippen LogP) is -0.00820. The zero-order valence-corrected chi connectivity index (χ0v) is 10.3. The van der Waals surface area contributed by atoms with Crippen LogP contribution in [0.15, 0.2) is 18.3 Å². The number of ether oxygens (including phenoxy) is 1. The lowest BCUT2D eigenvalue weighted by atomic mass is 10.1. The van der Waals surface area contributed by atoms with Gasteiger partial charge in [-0.2, -0.15) is 0 Å². The highest BCUT2D eigenvalue weighted by Crippen LogP contribution is 2.10. The Labute approximate surface area is 105 Å². The quantitative estimate of drug-likeness (QED) is 0.741. The first-order valence-corrected chi connectivity index (χ1v) is 6.05. The second kappa shape index (κ2) is 5.68. The second-order valence-corrected chi connectivity index (χ2v) is 4.05. The number of nitrogens with one attached hydrogen (secondary N) is 2. The molecule has 1 aliphatic rings. The van der Waals surface area contributed by atoms with E-state index in [1.165, 1.54) is 0 Å². The van der Waals surface area contributed by atoms with Crippen LogP contribution in [-0.2, 0) is 9.53 Å². The maximum Gasteiger partial charge on any atom is 0.330 e. The van der Waals surface area contributed by atoms with E-state index in [1.807, 2.05) is 0 Å². The third-order valence-corrected chi connectivity index (χ3v) is 2.89. The summed E-state index contributed by atoms with van der Waals surface area (Å²) >= 11 is 0. The van der Waals surface area contributed by atoms with Crippen molar-refractivity contribution in [3.63, 3.8) is 0 Å². The van der Waals surface area contributed by atoms with Crippen LogP contribution in [0.5, 0.6) is 0 Å². The fourth-order valence-corrected chi connectivity index (χ4v) is 2.01. The van der Waals surface area contributed by atoms with E-state index < -0.39 is 6.04 Å². The number of carbonyl (C=O) groups excluding carboxylic acids is 2. The molecule has 0 bridgehead atoms. The predicted molar refractivity (Wildman–Crippen MR) is 65.1 cm³/mol. The van der Waals surface area contributed by atoms with Gasteiger partial charge >= 0.3 is 5.97 Å². The molecule has 0 spiro atoms. The lowest BCUT2D eigenvalue weighted by Crippen LogP contribution is -2.57. The number of amides is 1. The summed E-state index contributed by atoms with van der Waals surface area (Å²) in [5, 5.41) is 3.10. The van der Waals surface area contributed by atoms with Crippen molar-refractivity contribution < 1.29 is 14.3 Å². The van der Waals surface area contributed by atoms with Crippen molar-refractivity contribution >= 4 is 11.9 Å². The first-order chi connectivity index (χ1) is 8.74. The molecule has 1 atom stereocenters. The molecule has 2 rings (SSSR count). The maximum atomic E-state index is 12.2. The van der Waals surface area contributed by atoms with Crippen LogP contribution >= 0.6 is 0 Å². The molecule has 0 saturated carbocycles. The molecule has 1 aromatic heterocycles. The summed E-state index contributed by atoms with van der Waals surface area (Å²) in [5.41, 5.74) is 0.492. The number of hydrogen-bond acceptors (Lipinski definition) is 4. The molecule has 6 heteroatoms. The molecule has 1 amide bonds. The van der Waals surface area contributed by atoms with Gasteiger partial charge in [-0.05, 0) is 19.1 Å². The first-order valence-electron chi connectivity index (χ1n) is 6.05. The number of H-pyrrole nitrogens is 1. The molecule has 1 saturated heterocycles. The van der Waals surface area contributed by atoms with Crippen LogP contribution in [0, 0.1) is 0 Å². The van der Waals surface area contributed by atoms with Crippen LogP contribution < -0.4 is 5.32 Å². The van der Waals surface area contributed by atoms with Crippen molar-refractivity contribution in [3.8, 4) is 0 Å². The van der Waals surface area contributed by atoms with E-state index in [2.05, 4.69) is 10.3 Å². The summed E-state index contributed by atoms with van der Waals surface area (Å²) in [5.74, 6) is -0.524. The summed E-state index contributed by atoms with van der Waals surface area (Å²) in [6.45, 7) is 3.69. The molecule has 0 radical (unpaired) electrons. The summed E-state index contributed by atoms with van der Waals surface area (Å²) in [7, 11) is 0. The van der Waals surface area contributed by atoms with Crippen LogP contribution in [0.25, 0.3) is 0 Å². The van der Waals surface area contributed by atoms with Gasteiger partial charge in [0.15, 0.2) is 0 Å². The van der Waals surface area contributed by atoms with Crippen molar-refractivity contribution in [2.45, 2.75) is 13.0 Å². The third-order valence-electron chi connectivity index (χ3n) is 2.89. The van der Waals surface area contributed by atoms with E-state index in [1.54, 1.807) is 30.2 Å². The summed E-state index contributed by atoms with van der Waals surface area (Å²) in [6, 6.07) is 2.91. The highest BCUT2D eigenvalue weighted by Gasteiger charge is 2.33. The fraction of sp³-hybridized carbons (Fsp3) is 0.500. The van der Waals surface area contributed by atoms with Gasteiger partial charge in [-0.15, -0.1) is 0 Å². The summed E-state index contributed by atoms with van der Waals surface area (Å²) < 4.78 is 5.00. The van der Waals surface area contributed by atoms with Crippen LogP contribution in [-0.4, -0.2) is 54.0 Å². The maximum absolute atomic E-state index is 12.2. The Morgan fingerprint density at radius 3 is 3.06 bits per heavy atom. The summed E-state index contributed by atoms with van der Waals surface area (Å²) in [4.78, 5) is 28.5. The second-order valence-electron chi connectivity index (χ2n) is 4.05. The minimum absolute atomic E-state index is 0.167. The number of hydrogen-bond donors (Lipinski definition) is 2. The highest BCUT2D eigenvalue weighted by molar-refractivity contribution is 5.95. The highest BCUT2D eigenvalue weighted by atomic mass is 16.5. The first kappa shape index (κ1) is 12.6. The van der Waals surface area contributed by atoms with E-state index in [-0.39, 0.29) is 11.9 Å². The molecular formula is C12H17N3O3. The van der Waals surface area contributed by atoms with Crippen molar-refractivity contribution in [1.82, 2.24) is 15.2 Å². The number of piperazine rings is 1. The molecule has 6 nitrogen and oxygen atoms in total. The van der Waals surface area contributed by atoms with Gasteiger partial charge in [0.25, 0.3) is 5.91 Å². The van der Waals surface area contributed by atoms with E-state index in [9.17, 15) is 9.59 Å². The lowest BCUT2D eigenvalue weighted by Gasteiger charge is -2.34. The Bertz CT molecular complexity index is 416. The number of aromatic nitrogens is 1. The fourth-order valence-electron chi connectivity index (χ4n) is 2.01. The molecule has 0 aromatic carbocycles. The Hall–Kier alpha value is -1.82. The standard InChI is InChI=1S/C12H17N3O3/c1-2-18-12(17)10-8-13-6-7-15(10)11(16)9-4-3-5-14-9/h3-5,10,13-14H,2,6-8H2,1H3. The normalized spacial score (nSPS) is 19.6. The monoisotopic (exact) mass is 251 g/mol. The number of carbonyl (C=O) groups is 2. The number of nitrogens with zero attached hydrogens (tertiary/aromatic N) is 1. The SMILES string of the molecule is CCOC(=O)C1CNCCN1C(=O)c1ccc[nH]1. The van der Waals surface area contributed by atoms with Gasteiger partial charge in [0.1, 0.15) is 11.7 Å². The van der Waals surface area contributed by atoms with Crippen LogP contribution in [0.3, 0.4) is 0 Å². The number of esters is 1. The lowest BCUT2D eigenvalue weighted by molar-refractivity contribution is -0.149. The van der Waals surface area contributed by atoms with Gasteiger partial charge in [-0.3, -0.25) is 4.79 Å². The molecule has 2 N–H and O–H groups in total. The topological polar surface area (TPSA) is 74.4 Å². The number of aromatic amines is 1. The molecule has 1 aliphatic heterocycles.